The molecule has 1 amide bonds. The van der Waals surface area contributed by atoms with Crippen LogP contribution in [0.2, 0.25) is 0 Å². The first-order valence-electron chi connectivity index (χ1n) is 8.34. The van der Waals surface area contributed by atoms with E-state index in [9.17, 15) is 9.18 Å². The van der Waals surface area contributed by atoms with E-state index < -0.39 is 0 Å². The molecule has 0 atom stereocenters. The number of pyridine rings is 1. The molecule has 0 spiro atoms. The van der Waals surface area contributed by atoms with Crippen LogP contribution in [0.15, 0.2) is 30.6 Å². The van der Waals surface area contributed by atoms with E-state index in [0.29, 0.717) is 23.8 Å². The molecule has 1 aliphatic carbocycles. The number of amides is 1. The van der Waals surface area contributed by atoms with E-state index in [2.05, 4.69) is 4.98 Å². The van der Waals surface area contributed by atoms with Crippen molar-refractivity contribution in [3.05, 3.63) is 53.1 Å². The Hall–Kier alpha value is -2.43. The molecule has 124 valence electrons. The fourth-order valence-corrected chi connectivity index (χ4v) is 3.48. The average Bonchev–Trinajstić information content (AvgIpc) is 3.41. The molecule has 1 aromatic carbocycles. The van der Waals surface area contributed by atoms with Crippen molar-refractivity contribution in [2.75, 3.05) is 23.4 Å². The number of halogens is 1. The summed E-state index contributed by atoms with van der Waals surface area (Å²) < 4.78 is 14.6. The first-order valence-corrected chi connectivity index (χ1v) is 8.34. The Labute approximate surface area is 140 Å². The summed E-state index contributed by atoms with van der Waals surface area (Å²) in [6, 6.07) is 5.47. The highest BCUT2D eigenvalue weighted by atomic mass is 19.1. The molecular formula is C19H20FN3O. The number of benzene rings is 1. The van der Waals surface area contributed by atoms with Gasteiger partial charge in [-0.15, -0.1) is 0 Å². The lowest BCUT2D eigenvalue weighted by Gasteiger charge is -2.33. The summed E-state index contributed by atoms with van der Waals surface area (Å²) in [6.07, 6.45) is 6.26. The third-order valence-corrected chi connectivity index (χ3v) is 5.03. The average molecular weight is 325 g/mol. The highest BCUT2D eigenvalue weighted by molar-refractivity contribution is 6.12. The molecule has 4 nitrogen and oxygen atoms in total. The molecule has 2 aliphatic rings. The van der Waals surface area contributed by atoms with Crippen LogP contribution < -0.4 is 9.80 Å². The maximum atomic E-state index is 14.6. The predicted molar refractivity (Wildman–Crippen MR) is 92.2 cm³/mol. The van der Waals surface area contributed by atoms with Gasteiger partial charge in [0.15, 0.2) is 0 Å². The van der Waals surface area contributed by atoms with Gasteiger partial charge in [-0.25, -0.2) is 4.39 Å². The Balaban J connectivity index is 1.81. The molecule has 1 saturated carbocycles. The van der Waals surface area contributed by atoms with E-state index in [-0.39, 0.29) is 11.7 Å². The van der Waals surface area contributed by atoms with E-state index in [1.165, 1.54) is 6.07 Å². The van der Waals surface area contributed by atoms with Gasteiger partial charge in [-0.05, 0) is 49.4 Å². The van der Waals surface area contributed by atoms with Gasteiger partial charge < -0.3 is 9.80 Å². The minimum Gasteiger partial charge on any atom is -0.369 e. The minimum atomic E-state index is -0.318. The highest BCUT2D eigenvalue weighted by Crippen LogP contribution is 2.38. The molecule has 0 saturated heterocycles. The molecule has 0 radical (unpaired) electrons. The van der Waals surface area contributed by atoms with Gasteiger partial charge in [-0.1, -0.05) is 6.07 Å². The maximum Gasteiger partial charge on any atom is 0.260 e. The van der Waals surface area contributed by atoms with Gasteiger partial charge in [0, 0.05) is 25.8 Å². The molecule has 2 aromatic rings. The van der Waals surface area contributed by atoms with Crippen molar-refractivity contribution in [2.24, 2.45) is 0 Å². The third-order valence-electron chi connectivity index (χ3n) is 5.03. The standard InChI is InChI=1S/C19H20FN3O/c1-12-7-9-21-11-16(12)23-10-8-13-3-6-15(20)18(17(13)19(23)24)22(2)14-4-5-14/h3,6-7,9,11,14H,4-5,8,10H2,1-2H3. The molecule has 1 aromatic heterocycles. The molecular weight excluding hydrogens is 305 g/mol. The second-order valence-electron chi connectivity index (χ2n) is 6.64. The van der Waals surface area contributed by atoms with Crippen molar-refractivity contribution in [1.82, 2.24) is 4.98 Å². The quantitative estimate of drug-likeness (QED) is 0.868. The SMILES string of the molecule is Cc1ccncc1N1CCc2ccc(F)c(N(C)C3CC3)c2C1=O. The van der Waals surface area contributed by atoms with Crippen molar-refractivity contribution in [2.45, 2.75) is 32.2 Å². The molecule has 0 bridgehead atoms. The van der Waals surface area contributed by atoms with E-state index in [4.69, 9.17) is 0 Å². The lowest BCUT2D eigenvalue weighted by Crippen LogP contribution is -2.40. The molecule has 0 unspecified atom stereocenters. The number of nitrogens with zero attached hydrogens (tertiary/aromatic N) is 3. The fraction of sp³-hybridized carbons (Fsp3) is 0.368. The van der Waals surface area contributed by atoms with E-state index in [0.717, 1.165) is 36.1 Å². The smallest absolute Gasteiger partial charge is 0.260 e. The maximum absolute atomic E-state index is 14.6. The van der Waals surface area contributed by atoms with Crippen molar-refractivity contribution in [3.63, 3.8) is 0 Å². The number of carbonyl (C=O) groups is 1. The summed E-state index contributed by atoms with van der Waals surface area (Å²) in [5, 5.41) is 0. The zero-order valence-electron chi connectivity index (χ0n) is 13.9. The third kappa shape index (κ3) is 2.35. The van der Waals surface area contributed by atoms with Crippen LogP contribution in [0.1, 0.15) is 34.3 Å². The van der Waals surface area contributed by atoms with Crippen molar-refractivity contribution in [3.8, 4) is 0 Å². The van der Waals surface area contributed by atoms with Gasteiger partial charge in [0.2, 0.25) is 0 Å². The van der Waals surface area contributed by atoms with Gasteiger partial charge in [-0.3, -0.25) is 9.78 Å². The number of aryl methyl sites for hydroxylation is 1. The first kappa shape index (κ1) is 15.1. The molecule has 4 rings (SSSR count). The van der Waals surface area contributed by atoms with Crippen LogP contribution in [-0.2, 0) is 6.42 Å². The summed E-state index contributed by atoms with van der Waals surface area (Å²) in [5.41, 5.74) is 3.69. The molecule has 2 heterocycles. The zero-order chi connectivity index (χ0) is 16.8. The lowest BCUT2D eigenvalue weighted by atomic mass is 9.95. The van der Waals surface area contributed by atoms with E-state index in [1.807, 2.05) is 24.9 Å². The molecule has 0 N–H and O–H groups in total. The largest absolute Gasteiger partial charge is 0.369 e. The number of hydrogen-bond donors (Lipinski definition) is 0. The first-order chi connectivity index (χ1) is 11.6. The summed E-state index contributed by atoms with van der Waals surface area (Å²) in [4.78, 5) is 21.0. The zero-order valence-corrected chi connectivity index (χ0v) is 13.9. The van der Waals surface area contributed by atoms with Gasteiger partial charge >= 0.3 is 0 Å². The van der Waals surface area contributed by atoms with Crippen LogP contribution in [0.5, 0.6) is 0 Å². The molecule has 1 aliphatic heterocycles. The Morgan fingerprint density at radius 3 is 2.79 bits per heavy atom. The van der Waals surface area contributed by atoms with Crippen LogP contribution in [0.4, 0.5) is 15.8 Å². The van der Waals surface area contributed by atoms with Crippen molar-refractivity contribution < 1.29 is 9.18 Å². The number of hydrogen-bond acceptors (Lipinski definition) is 3. The van der Waals surface area contributed by atoms with Gasteiger partial charge in [0.1, 0.15) is 5.82 Å². The minimum absolute atomic E-state index is 0.130. The second kappa shape index (κ2) is 5.58. The normalized spacial score (nSPS) is 17.0. The van der Waals surface area contributed by atoms with Crippen molar-refractivity contribution in [1.29, 1.82) is 0 Å². The van der Waals surface area contributed by atoms with E-state index >= 15 is 0 Å². The van der Waals surface area contributed by atoms with Crippen LogP contribution in [0, 0.1) is 12.7 Å². The van der Waals surface area contributed by atoms with Crippen LogP contribution in [0.25, 0.3) is 0 Å². The number of rotatable bonds is 3. The number of anilines is 2. The fourth-order valence-electron chi connectivity index (χ4n) is 3.48. The summed E-state index contributed by atoms with van der Waals surface area (Å²) in [7, 11) is 1.89. The Morgan fingerprint density at radius 2 is 2.08 bits per heavy atom. The number of fused-ring (bicyclic) bond motifs is 1. The summed E-state index contributed by atoms with van der Waals surface area (Å²) >= 11 is 0. The molecule has 5 heteroatoms. The van der Waals surface area contributed by atoms with E-state index in [1.54, 1.807) is 23.4 Å². The Morgan fingerprint density at radius 1 is 1.29 bits per heavy atom. The van der Waals surface area contributed by atoms with Gasteiger partial charge in [0.05, 0.1) is 23.1 Å². The van der Waals surface area contributed by atoms with Crippen LogP contribution in [-0.4, -0.2) is 30.5 Å². The van der Waals surface area contributed by atoms with Gasteiger partial charge in [-0.2, -0.15) is 0 Å². The molecule has 24 heavy (non-hydrogen) atoms. The lowest BCUT2D eigenvalue weighted by molar-refractivity contribution is 0.0980. The van der Waals surface area contributed by atoms with Crippen LogP contribution in [0.3, 0.4) is 0 Å². The topological polar surface area (TPSA) is 36.4 Å². The number of carbonyl (C=O) groups excluding carboxylic acids is 1. The Kier molecular flexibility index (Phi) is 3.52. The predicted octanol–water partition coefficient (Wildman–Crippen LogP) is 3.33. The van der Waals surface area contributed by atoms with Crippen LogP contribution >= 0.6 is 0 Å². The summed E-state index contributed by atoms with van der Waals surface area (Å²) in [5.74, 6) is -0.449. The molecule has 1 fully saturated rings. The Bertz CT molecular complexity index is 816. The number of aromatic nitrogens is 1. The highest BCUT2D eigenvalue weighted by Gasteiger charge is 2.35. The van der Waals surface area contributed by atoms with Crippen molar-refractivity contribution >= 4 is 17.3 Å². The summed E-state index contributed by atoms with van der Waals surface area (Å²) in [6.45, 7) is 2.55. The second-order valence-corrected chi connectivity index (χ2v) is 6.64. The van der Waals surface area contributed by atoms with Gasteiger partial charge in [0.25, 0.3) is 5.91 Å². The monoisotopic (exact) mass is 325 g/mol.